The molecule has 2 aromatic rings. The van der Waals surface area contributed by atoms with Crippen molar-refractivity contribution >= 4 is 22.4 Å². The van der Waals surface area contributed by atoms with Gasteiger partial charge in [0.25, 0.3) is 11.5 Å². The number of carbonyl (C=O) groups excluding carboxylic acids is 1. The van der Waals surface area contributed by atoms with E-state index in [0.29, 0.717) is 10.7 Å². The van der Waals surface area contributed by atoms with Crippen LogP contribution in [-0.4, -0.2) is 20.7 Å². The molecule has 0 unspecified atom stereocenters. The van der Waals surface area contributed by atoms with Crippen LogP contribution in [0.2, 0.25) is 0 Å². The molecule has 0 saturated heterocycles. The molecule has 0 aliphatic carbocycles. The van der Waals surface area contributed by atoms with E-state index in [9.17, 15) is 9.59 Å². The van der Waals surface area contributed by atoms with Crippen molar-refractivity contribution in [1.82, 2.24) is 14.8 Å². The first-order valence-corrected chi connectivity index (χ1v) is 6.22. The average molecular weight is 264 g/mol. The van der Waals surface area contributed by atoms with Gasteiger partial charge in [-0.15, -0.1) is 10.2 Å². The predicted molar refractivity (Wildman–Crippen MR) is 68.9 cm³/mol. The van der Waals surface area contributed by atoms with E-state index in [4.69, 9.17) is 0 Å². The predicted octanol–water partition coefficient (Wildman–Crippen LogP) is 1.05. The Morgan fingerprint density at radius 3 is 2.89 bits per heavy atom. The minimum atomic E-state index is -0.355. The van der Waals surface area contributed by atoms with Crippen molar-refractivity contribution < 1.29 is 4.79 Å². The molecule has 0 aromatic carbocycles. The Kier molecular flexibility index (Phi) is 3.52. The zero-order chi connectivity index (χ0) is 13.1. The highest BCUT2D eigenvalue weighted by Crippen LogP contribution is 2.16. The van der Waals surface area contributed by atoms with Gasteiger partial charge in [0.05, 0.1) is 0 Å². The Balaban J connectivity index is 2.16. The van der Waals surface area contributed by atoms with Gasteiger partial charge in [0.15, 0.2) is 0 Å². The van der Waals surface area contributed by atoms with Gasteiger partial charge in [-0.2, -0.15) is 0 Å². The molecule has 0 fully saturated rings. The van der Waals surface area contributed by atoms with E-state index in [0.717, 1.165) is 11.4 Å². The van der Waals surface area contributed by atoms with Gasteiger partial charge in [-0.25, -0.2) is 0 Å². The summed E-state index contributed by atoms with van der Waals surface area (Å²) in [6.45, 7) is 1.97. The molecule has 94 valence electrons. The van der Waals surface area contributed by atoms with Crippen LogP contribution in [0.5, 0.6) is 0 Å². The normalized spacial score (nSPS) is 10.3. The summed E-state index contributed by atoms with van der Waals surface area (Å²) in [5.41, 5.74) is 0.0838. The van der Waals surface area contributed by atoms with Crippen LogP contribution >= 0.6 is 11.3 Å². The maximum Gasteiger partial charge on any atom is 0.257 e. The van der Waals surface area contributed by atoms with Crippen LogP contribution in [0.15, 0.2) is 23.1 Å². The number of aromatic nitrogens is 3. The lowest BCUT2D eigenvalue weighted by Gasteiger charge is -2.01. The molecule has 2 heterocycles. The zero-order valence-electron chi connectivity index (χ0n) is 10.0. The number of anilines is 1. The van der Waals surface area contributed by atoms with Gasteiger partial charge < -0.3 is 4.57 Å². The number of hydrogen-bond donors (Lipinski definition) is 1. The Bertz CT molecular complexity index is 632. The van der Waals surface area contributed by atoms with Crippen molar-refractivity contribution in [3.63, 3.8) is 0 Å². The first kappa shape index (κ1) is 12.4. The number of pyridine rings is 1. The first-order chi connectivity index (χ1) is 8.60. The van der Waals surface area contributed by atoms with E-state index < -0.39 is 0 Å². The molecule has 0 atom stereocenters. The van der Waals surface area contributed by atoms with Gasteiger partial charge in [-0.3, -0.25) is 14.9 Å². The summed E-state index contributed by atoms with van der Waals surface area (Å²) in [6.07, 6.45) is 2.33. The van der Waals surface area contributed by atoms with Crippen LogP contribution in [-0.2, 0) is 13.5 Å². The summed E-state index contributed by atoms with van der Waals surface area (Å²) in [6, 6.07) is 2.87. The maximum atomic E-state index is 11.9. The van der Waals surface area contributed by atoms with Crippen LogP contribution in [0.1, 0.15) is 22.3 Å². The fraction of sp³-hybridized carbons (Fsp3) is 0.273. The van der Waals surface area contributed by atoms with Gasteiger partial charge in [0, 0.05) is 24.9 Å². The lowest BCUT2D eigenvalue weighted by molar-refractivity contribution is 0.102. The minimum Gasteiger partial charge on any atom is -0.319 e. The number of aryl methyl sites for hydroxylation is 2. The molecule has 7 heteroatoms. The van der Waals surface area contributed by atoms with E-state index in [2.05, 4.69) is 15.5 Å². The van der Waals surface area contributed by atoms with Gasteiger partial charge in [0.1, 0.15) is 5.01 Å². The van der Waals surface area contributed by atoms with Gasteiger partial charge >= 0.3 is 0 Å². The van der Waals surface area contributed by atoms with Crippen molar-refractivity contribution in [2.45, 2.75) is 13.3 Å². The fourth-order valence-electron chi connectivity index (χ4n) is 1.31. The van der Waals surface area contributed by atoms with Crippen molar-refractivity contribution in [2.75, 3.05) is 5.32 Å². The molecule has 0 bridgehead atoms. The second-order valence-corrected chi connectivity index (χ2v) is 4.74. The van der Waals surface area contributed by atoms with Crippen LogP contribution in [0, 0.1) is 0 Å². The molecule has 0 aliphatic rings. The summed E-state index contributed by atoms with van der Waals surface area (Å²) < 4.78 is 1.40. The van der Waals surface area contributed by atoms with E-state index in [1.165, 1.54) is 22.0 Å². The summed E-state index contributed by atoms with van der Waals surface area (Å²) >= 11 is 1.33. The molecule has 0 aliphatic heterocycles. The average Bonchev–Trinajstić information content (AvgIpc) is 2.80. The molecule has 0 spiro atoms. The van der Waals surface area contributed by atoms with Crippen molar-refractivity contribution in [2.24, 2.45) is 7.05 Å². The molecular weight excluding hydrogens is 252 g/mol. The van der Waals surface area contributed by atoms with Crippen LogP contribution in [0.25, 0.3) is 0 Å². The summed E-state index contributed by atoms with van der Waals surface area (Å²) in [5, 5.41) is 11.7. The quantitative estimate of drug-likeness (QED) is 0.899. The maximum absolute atomic E-state index is 11.9. The lowest BCUT2D eigenvalue weighted by atomic mass is 10.2. The molecule has 2 rings (SSSR count). The second-order valence-electron chi connectivity index (χ2n) is 3.67. The SMILES string of the molecule is CCc1nnc(NC(=O)c2ccn(C)c(=O)c2)s1. The van der Waals surface area contributed by atoms with E-state index in [-0.39, 0.29) is 11.5 Å². The topological polar surface area (TPSA) is 76.9 Å². The van der Waals surface area contributed by atoms with Crippen LogP contribution < -0.4 is 10.9 Å². The third-order valence-electron chi connectivity index (χ3n) is 2.36. The molecule has 2 aromatic heterocycles. The highest BCUT2D eigenvalue weighted by atomic mass is 32.1. The number of hydrogen-bond acceptors (Lipinski definition) is 5. The Hall–Kier alpha value is -2.02. The highest BCUT2D eigenvalue weighted by Gasteiger charge is 2.10. The molecule has 1 N–H and O–H groups in total. The second kappa shape index (κ2) is 5.09. The Morgan fingerprint density at radius 1 is 1.50 bits per heavy atom. The lowest BCUT2D eigenvalue weighted by Crippen LogP contribution is -2.19. The van der Waals surface area contributed by atoms with E-state index in [1.807, 2.05) is 6.92 Å². The zero-order valence-corrected chi connectivity index (χ0v) is 10.8. The molecule has 0 saturated carbocycles. The summed E-state index contributed by atoms with van der Waals surface area (Å²) in [5.74, 6) is -0.355. The number of nitrogens with zero attached hydrogens (tertiary/aromatic N) is 3. The summed E-state index contributed by atoms with van der Waals surface area (Å²) in [7, 11) is 1.63. The third kappa shape index (κ3) is 2.62. The number of amides is 1. The molecule has 18 heavy (non-hydrogen) atoms. The van der Waals surface area contributed by atoms with E-state index in [1.54, 1.807) is 19.3 Å². The molecular formula is C11H12N4O2S. The molecule has 0 radical (unpaired) electrons. The van der Waals surface area contributed by atoms with E-state index >= 15 is 0 Å². The Morgan fingerprint density at radius 2 is 2.28 bits per heavy atom. The molecule has 1 amide bonds. The summed E-state index contributed by atoms with van der Waals surface area (Å²) in [4.78, 5) is 23.3. The smallest absolute Gasteiger partial charge is 0.257 e. The van der Waals surface area contributed by atoms with Crippen molar-refractivity contribution in [3.8, 4) is 0 Å². The fourth-order valence-corrected chi connectivity index (χ4v) is 1.98. The van der Waals surface area contributed by atoms with Gasteiger partial charge in [-0.05, 0) is 12.5 Å². The first-order valence-electron chi connectivity index (χ1n) is 5.40. The number of nitrogens with one attached hydrogen (secondary N) is 1. The van der Waals surface area contributed by atoms with Gasteiger partial charge in [0.2, 0.25) is 5.13 Å². The largest absolute Gasteiger partial charge is 0.319 e. The van der Waals surface area contributed by atoms with Crippen molar-refractivity contribution in [3.05, 3.63) is 39.3 Å². The molecule has 6 nitrogen and oxygen atoms in total. The van der Waals surface area contributed by atoms with Crippen molar-refractivity contribution in [1.29, 1.82) is 0 Å². The number of rotatable bonds is 3. The Labute approximate surface area is 107 Å². The van der Waals surface area contributed by atoms with Crippen LogP contribution in [0.3, 0.4) is 0 Å². The standard InChI is InChI=1S/C11H12N4O2S/c1-3-8-13-14-11(18-8)12-10(17)7-4-5-15(2)9(16)6-7/h4-6H,3H2,1-2H3,(H,12,14,17). The monoisotopic (exact) mass is 264 g/mol. The number of carbonyl (C=O) groups is 1. The highest BCUT2D eigenvalue weighted by molar-refractivity contribution is 7.15. The minimum absolute atomic E-state index is 0.228. The third-order valence-corrected chi connectivity index (χ3v) is 3.34. The van der Waals surface area contributed by atoms with Gasteiger partial charge in [-0.1, -0.05) is 18.3 Å². The van der Waals surface area contributed by atoms with Crippen LogP contribution in [0.4, 0.5) is 5.13 Å².